The third-order valence-corrected chi connectivity index (χ3v) is 5.04. The van der Waals surface area contributed by atoms with E-state index in [4.69, 9.17) is 4.74 Å². The molecule has 0 heterocycles. The topological polar surface area (TPSA) is 90.8 Å². The number of aliphatic hydroxyl groups excluding tert-OH is 2. The average molecular weight is 388 g/mol. The number of benzene rings is 2. The number of aryl methyl sites for hydroxylation is 1. The number of urea groups is 1. The first kappa shape index (κ1) is 20.1. The van der Waals surface area contributed by atoms with Gasteiger partial charge in [0.2, 0.25) is 0 Å². The summed E-state index contributed by atoms with van der Waals surface area (Å²) in [6.07, 6.45) is 0.718. The van der Waals surface area contributed by atoms with Gasteiger partial charge in [-0.1, -0.05) is 30.3 Å². The lowest BCUT2D eigenvalue weighted by atomic mass is 10.0. The van der Waals surface area contributed by atoms with Crippen molar-refractivity contribution in [1.29, 1.82) is 0 Å². The van der Waals surface area contributed by atoms with Crippen LogP contribution in [0.1, 0.15) is 41.7 Å². The number of aliphatic hydroxyl groups is 2. The lowest BCUT2D eigenvalue weighted by Crippen LogP contribution is -2.45. The minimum Gasteiger partial charge on any atom is -0.494 e. The summed E-state index contributed by atoms with van der Waals surface area (Å²) < 4.78 is 18.9. The molecule has 0 spiro atoms. The Morgan fingerprint density at radius 3 is 2.75 bits per heavy atom. The molecular weight excluding hydrogens is 363 g/mol. The summed E-state index contributed by atoms with van der Waals surface area (Å²) in [5.74, 6) is -0.270. The standard InChI is InChI=1S/C21H25FN2O4/c1-28-20-11-16-14(9-17(20)22)7-8-18(16)24-21(27)23-15(12-25)10-19(26)13-5-3-2-4-6-13/h2-6,9,11,15,18-19,25-26H,7-8,10,12H2,1H3,(H2,23,24,27). The van der Waals surface area contributed by atoms with Gasteiger partial charge >= 0.3 is 6.03 Å². The minimum atomic E-state index is -0.793. The molecule has 2 aromatic carbocycles. The summed E-state index contributed by atoms with van der Waals surface area (Å²) >= 11 is 0. The number of fused-ring (bicyclic) bond motifs is 1. The number of rotatable bonds is 7. The summed E-state index contributed by atoms with van der Waals surface area (Å²) in [6.45, 7) is -0.294. The van der Waals surface area contributed by atoms with Crippen molar-refractivity contribution in [1.82, 2.24) is 10.6 Å². The summed E-state index contributed by atoms with van der Waals surface area (Å²) in [4.78, 5) is 12.4. The van der Waals surface area contributed by atoms with E-state index in [0.717, 1.165) is 16.7 Å². The van der Waals surface area contributed by atoms with Crippen LogP contribution in [0.25, 0.3) is 0 Å². The first-order chi connectivity index (χ1) is 13.5. The predicted octanol–water partition coefficient (Wildman–Crippen LogP) is 2.61. The van der Waals surface area contributed by atoms with E-state index < -0.39 is 24.0 Å². The molecule has 150 valence electrons. The molecule has 3 atom stereocenters. The van der Waals surface area contributed by atoms with E-state index in [1.54, 1.807) is 18.2 Å². The summed E-state index contributed by atoms with van der Waals surface area (Å²) in [5, 5.41) is 25.4. The van der Waals surface area contributed by atoms with Gasteiger partial charge in [-0.25, -0.2) is 9.18 Å². The first-order valence-electron chi connectivity index (χ1n) is 9.29. The molecule has 6 nitrogen and oxygen atoms in total. The van der Waals surface area contributed by atoms with Crippen molar-refractivity contribution in [2.75, 3.05) is 13.7 Å². The Balaban J connectivity index is 1.60. The van der Waals surface area contributed by atoms with Gasteiger partial charge in [0.25, 0.3) is 0 Å². The fourth-order valence-corrected chi connectivity index (χ4v) is 3.56. The normalized spacial score (nSPS) is 17.5. The van der Waals surface area contributed by atoms with Crippen molar-refractivity contribution >= 4 is 6.03 Å². The fourth-order valence-electron chi connectivity index (χ4n) is 3.56. The third-order valence-electron chi connectivity index (χ3n) is 5.04. The monoisotopic (exact) mass is 388 g/mol. The highest BCUT2D eigenvalue weighted by molar-refractivity contribution is 5.75. The Morgan fingerprint density at radius 2 is 2.07 bits per heavy atom. The van der Waals surface area contributed by atoms with E-state index in [9.17, 15) is 19.4 Å². The number of amides is 2. The molecule has 28 heavy (non-hydrogen) atoms. The second kappa shape index (κ2) is 9.03. The van der Waals surface area contributed by atoms with Gasteiger partial charge < -0.3 is 25.6 Å². The summed E-state index contributed by atoms with van der Waals surface area (Å²) in [6, 6.07) is 10.8. The van der Waals surface area contributed by atoms with Crippen LogP contribution in [-0.4, -0.2) is 36.0 Å². The molecule has 2 amide bonds. The van der Waals surface area contributed by atoms with Crippen molar-refractivity contribution in [2.45, 2.75) is 37.5 Å². The Kier molecular flexibility index (Phi) is 6.49. The summed E-state index contributed by atoms with van der Waals surface area (Å²) in [5.41, 5.74) is 2.40. The molecule has 3 rings (SSSR count). The number of hydrogen-bond donors (Lipinski definition) is 4. The number of ether oxygens (including phenoxy) is 1. The second-order valence-electron chi connectivity index (χ2n) is 6.94. The number of nitrogens with one attached hydrogen (secondary N) is 2. The van der Waals surface area contributed by atoms with E-state index in [1.807, 2.05) is 18.2 Å². The molecule has 0 aliphatic heterocycles. The molecule has 3 unspecified atom stereocenters. The molecule has 0 aromatic heterocycles. The second-order valence-corrected chi connectivity index (χ2v) is 6.94. The number of hydrogen-bond acceptors (Lipinski definition) is 4. The van der Waals surface area contributed by atoms with Crippen molar-refractivity contribution in [2.24, 2.45) is 0 Å². The van der Waals surface area contributed by atoms with Gasteiger partial charge in [0.1, 0.15) is 0 Å². The van der Waals surface area contributed by atoms with E-state index in [1.165, 1.54) is 13.2 Å². The maximum absolute atomic E-state index is 13.8. The minimum absolute atomic E-state index is 0.145. The zero-order chi connectivity index (χ0) is 20.1. The van der Waals surface area contributed by atoms with Gasteiger partial charge in [-0.3, -0.25) is 0 Å². The zero-order valence-corrected chi connectivity index (χ0v) is 15.7. The Hall–Kier alpha value is -2.64. The van der Waals surface area contributed by atoms with Gasteiger partial charge in [0.15, 0.2) is 11.6 Å². The molecule has 0 saturated carbocycles. The van der Waals surface area contributed by atoms with Gasteiger partial charge in [-0.05, 0) is 48.1 Å². The lowest BCUT2D eigenvalue weighted by molar-refractivity contribution is 0.130. The van der Waals surface area contributed by atoms with Crippen molar-refractivity contribution in [3.05, 3.63) is 65.0 Å². The van der Waals surface area contributed by atoms with Crippen LogP contribution in [0.4, 0.5) is 9.18 Å². The Labute approximate surface area is 163 Å². The van der Waals surface area contributed by atoms with Crippen LogP contribution in [0.15, 0.2) is 42.5 Å². The zero-order valence-electron chi connectivity index (χ0n) is 15.7. The van der Waals surface area contributed by atoms with Gasteiger partial charge in [0, 0.05) is 0 Å². The number of methoxy groups -OCH3 is 1. The van der Waals surface area contributed by atoms with Crippen LogP contribution in [-0.2, 0) is 6.42 Å². The maximum atomic E-state index is 13.8. The van der Waals surface area contributed by atoms with Crippen LogP contribution in [0.5, 0.6) is 5.75 Å². The third kappa shape index (κ3) is 4.61. The van der Waals surface area contributed by atoms with Gasteiger partial charge in [-0.2, -0.15) is 0 Å². The van der Waals surface area contributed by atoms with Gasteiger partial charge in [-0.15, -0.1) is 0 Å². The van der Waals surface area contributed by atoms with Crippen LogP contribution in [0.3, 0.4) is 0 Å². The SMILES string of the molecule is COc1cc2c(cc1F)CCC2NC(=O)NC(CO)CC(O)c1ccccc1. The molecule has 0 saturated heterocycles. The quantitative estimate of drug-likeness (QED) is 0.587. The highest BCUT2D eigenvalue weighted by Gasteiger charge is 2.27. The highest BCUT2D eigenvalue weighted by Crippen LogP contribution is 2.35. The van der Waals surface area contributed by atoms with Crippen LogP contribution >= 0.6 is 0 Å². The maximum Gasteiger partial charge on any atom is 0.315 e. The molecule has 4 N–H and O–H groups in total. The number of halogens is 1. The Bertz CT molecular complexity index is 816. The lowest BCUT2D eigenvalue weighted by Gasteiger charge is -2.22. The molecule has 0 bridgehead atoms. The number of carbonyl (C=O) groups is 1. The van der Waals surface area contributed by atoms with Crippen molar-refractivity contribution in [3.63, 3.8) is 0 Å². The van der Waals surface area contributed by atoms with E-state index >= 15 is 0 Å². The summed E-state index contributed by atoms with van der Waals surface area (Å²) in [7, 11) is 1.40. The fraction of sp³-hybridized carbons (Fsp3) is 0.381. The van der Waals surface area contributed by atoms with Crippen molar-refractivity contribution < 1.29 is 24.1 Å². The first-order valence-corrected chi connectivity index (χ1v) is 9.29. The van der Waals surface area contributed by atoms with E-state index in [0.29, 0.717) is 12.8 Å². The molecule has 0 radical (unpaired) electrons. The van der Waals surface area contributed by atoms with Gasteiger partial charge in [0.05, 0.1) is 31.9 Å². The van der Waals surface area contributed by atoms with Crippen LogP contribution in [0, 0.1) is 5.82 Å². The molecule has 2 aromatic rings. The predicted molar refractivity (Wildman–Crippen MR) is 103 cm³/mol. The number of carbonyl (C=O) groups excluding carboxylic acids is 1. The molecule has 0 fully saturated rings. The molecule has 1 aliphatic rings. The smallest absolute Gasteiger partial charge is 0.315 e. The average Bonchev–Trinajstić information content (AvgIpc) is 3.08. The van der Waals surface area contributed by atoms with Crippen LogP contribution in [0.2, 0.25) is 0 Å². The largest absolute Gasteiger partial charge is 0.494 e. The van der Waals surface area contributed by atoms with E-state index in [-0.39, 0.29) is 24.8 Å². The van der Waals surface area contributed by atoms with Crippen molar-refractivity contribution in [3.8, 4) is 5.75 Å². The van der Waals surface area contributed by atoms with Crippen LogP contribution < -0.4 is 15.4 Å². The molecule has 7 heteroatoms. The molecule has 1 aliphatic carbocycles. The highest BCUT2D eigenvalue weighted by atomic mass is 19.1. The Morgan fingerprint density at radius 1 is 1.32 bits per heavy atom. The van der Waals surface area contributed by atoms with E-state index in [2.05, 4.69) is 10.6 Å². The molecular formula is C21H25FN2O4.